The number of carbonyl (C=O) groups excluding carboxylic acids is 1. The Morgan fingerprint density at radius 2 is 1.84 bits per heavy atom. The van der Waals surface area contributed by atoms with Crippen molar-refractivity contribution in [3.05, 3.63) is 17.0 Å². The Morgan fingerprint density at radius 3 is 2.37 bits per heavy atom. The summed E-state index contributed by atoms with van der Waals surface area (Å²) in [5, 5.41) is 0. The third-order valence-corrected chi connectivity index (χ3v) is 4.68. The molecule has 2 rings (SSSR count). The third kappa shape index (κ3) is 2.71. The topological polar surface area (TPSA) is 44.8 Å². The van der Waals surface area contributed by atoms with Gasteiger partial charge in [0.1, 0.15) is 4.88 Å². The lowest BCUT2D eigenvalue weighted by atomic mass is 9.88. The van der Waals surface area contributed by atoms with Crippen LogP contribution in [0.15, 0.2) is 12.1 Å². The minimum absolute atomic E-state index is 0.296. The molecule has 1 aliphatic heterocycles. The smallest absolute Gasteiger partial charge is 0.462 e. The lowest BCUT2D eigenvalue weighted by Gasteiger charge is -2.32. The van der Waals surface area contributed by atoms with E-state index in [0.29, 0.717) is 11.5 Å². The zero-order chi connectivity index (χ0) is 14.3. The molecule has 1 saturated heterocycles. The van der Waals surface area contributed by atoms with Crippen LogP contribution in [0.2, 0.25) is 0 Å². The zero-order valence-electron chi connectivity index (χ0n) is 12.0. The van der Waals surface area contributed by atoms with Crippen molar-refractivity contribution in [3.8, 4) is 0 Å². The van der Waals surface area contributed by atoms with Crippen molar-refractivity contribution in [1.29, 1.82) is 0 Å². The molecule has 19 heavy (non-hydrogen) atoms. The van der Waals surface area contributed by atoms with E-state index in [1.807, 2.05) is 33.8 Å². The maximum absolute atomic E-state index is 11.6. The van der Waals surface area contributed by atoms with Gasteiger partial charge >= 0.3 is 13.1 Å². The molecule has 0 spiro atoms. The molecule has 1 aromatic rings. The molecule has 0 amide bonds. The summed E-state index contributed by atoms with van der Waals surface area (Å²) in [4.78, 5) is 12.2. The fourth-order valence-electron chi connectivity index (χ4n) is 1.75. The molecule has 0 bridgehead atoms. The second-order valence-corrected chi connectivity index (χ2v) is 6.63. The predicted octanol–water partition coefficient (Wildman–Crippen LogP) is 2.22. The van der Waals surface area contributed by atoms with Gasteiger partial charge in [0.05, 0.1) is 17.8 Å². The van der Waals surface area contributed by atoms with Gasteiger partial charge in [0.25, 0.3) is 0 Å². The van der Waals surface area contributed by atoms with Crippen LogP contribution in [0.1, 0.15) is 44.3 Å². The van der Waals surface area contributed by atoms with Crippen molar-refractivity contribution >= 4 is 29.2 Å². The fraction of sp³-hybridized carbons (Fsp3) is 0.615. The fourth-order valence-corrected chi connectivity index (χ4v) is 2.61. The monoisotopic (exact) mass is 282 g/mol. The van der Waals surface area contributed by atoms with Crippen LogP contribution in [0.4, 0.5) is 0 Å². The van der Waals surface area contributed by atoms with Crippen LogP contribution < -0.4 is 4.78 Å². The highest BCUT2D eigenvalue weighted by Gasteiger charge is 2.52. The normalized spacial score (nSPS) is 20.6. The van der Waals surface area contributed by atoms with Crippen LogP contribution in [-0.4, -0.2) is 30.9 Å². The van der Waals surface area contributed by atoms with Crippen molar-refractivity contribution < 1.29 is 18.8 Å². The van der Waals surface area contributed by atoms with Crippen molar-refractivity contribution in [1.82, 2.24) is 0 Å². The lowest BCUT2D eigenvalue weighted by Crippen LogP contribution is -2.41. The van der Waals surface area contributed by atoms with E-state index in [0.717, 1.165) is 4.78 Å². The molecule has 0 aromatic carbocycles. The highest BCUT2D eigenvalue weighted by atomic mass is 32.1. The molecule has 0 N–H and O–H groups in total. The van der Waals surface area contributed by atoms with Gasteiger partial charge in [-0.15, -0.1) is 11.3 Å². The molecule has 2 heterocycles. The summed E-state index contributed by atoms with van der Waals surface area (Å²) in [5.74, 6) is -0.296. The third-order valence-electron chi connectivity index (χ3n) is 3.59. The van der Waals surface area contributed by atoms with Crippen LogP contribution in [-0.2, 0) is 14.0 Å². The number of rotatable bonds is 3. The number of carbonyl (C=O) groups is 1. The second kappa shape index (κ2) is 4.92. The molecular formula is C13H19BO4S. The van der Waals surface area contributed by atoms with Crippen LogP contribution in [0.3, 0.4) is 0 Å². The SMILES string of the molecule is CCOC(=O)c1ccc(B2OC(C)(C)C(C)(C)O2)s1. The van der Waals surface area contributed by atoms with E-state index in [1.165, 1.54) is 11.3 Å². The summed E-state index contributed by atoms with van der Waals surface area (Å²) >= 11 is 1.36. The Labute approximate surface area is 118 Å². The maximum atomic E-state index is 11.6. The molecule has 1 aliphatic rings. The van der Waals surface area contributed by atoms with E-state index in [-0.39, 0.29) is 17.2 Å². The molecule has 0 radical (unpaired) electrons. The van der Waals surface area contributed by atoms with Gasteiger partial charge in [-0.05, 0) is 40.7 Å². The quantitative estimate of drug-likeness (QED) is 0.630. The summed E-state index contributed by atoms with van der Waals surface area (Å²) in [6.07, 6.45) is 0. The van der Waals surface area contributed by atoms with Crippen LogP contribution in [0.25, 0.3) is 0 Å². The molecule has 0 unspecified atom stereocenters. The molecule has 1 aromatic heterocycles. The van der Waals surface area contributed by atoms with Gasteiger partial charge in [0.2, 0.25) is 0 Å². The van der Waals surface area contributed by atoms with Crippen molar-refractivity contribution in [3.63, 3.8) is 0 Å². The average Bonchev–Trinajstić information content (AvgIpc) is 2.83. The molecule has 4 nitrogen and oxygen atoms in total. The van der Waals surface area contributed by atoms with Gasteiger partial charge < -0.3 is 14.0 Å². The summed E-state index contributed by atoms with van der Waals surface area (Å²) in [6, 6.07) is 3.61. The van der Waals surface area contributed by atoms with Gasteiger partial charge in [0, 0.05) is 4.78 Å². The zero-order valence-corrected chi connectivity index (χ0v) is 12.8. The minimum atomic E-state index is -0.418. The molecule has 1 fully saturated rings. The first-order valence-electron chi connectivity index (χ1n) is 6.39. The van der Waals surface area contributed by atoms with Gasteiger partial charge in [-0.2, -0.15) is 0 Å². The minimum Gasteiger partial charge on any atom is -0.462 e. The molecule has 6 heteroatoms. The highest BCUT2D eigenvalue weighted by Crippen LogP contribution is 2.36. The summed E-state index contributed by atoms with van der Waals surface area (Å²) in [5.41, 5.74) is -0.739. The summed E-state index contributed by atoms with van der Waals surface area (Å²) < 4.78 is 17.7. The molecule has 104 valence electrons. The van der Waals surface area contributed by atoms with Crippen molar-refractivity contribution in [2.45, 2.75) is 45.8 Å². The average molecular weight is 282 g/mol. The summed E-state index contributed by atoms with van der Waals surface area (Å²) in [6.45, 7) is 10.2. The first-order valence-corrected chi connectivity index (χ1v) is 7.21. The van der Waals surface area contributed by atoms with E-state index in [4.69, 9.17) is 14.0 Å². The van der Waals surface area contributed by atoms with E-state index in [1.54, 1.807) is 13.0 Å². The van der Waals surface area contributed by atoms with Crippen LogP contribution in [0.5, 0.6) is 0 Å². The molecule has 0 atom stereocenters. The van der Waals surface area contributed by atoms with E-state index in [9.17, 15) is 4.79 Å². The molecule has 0 aliphatic carbocycles. The van der Waals surface area contributed by atoms with Gasteiger partial charge in [0.15, 0.2) is 0 Å². The molecular weight excluding hydrogens is 263 g/mol. The number of thiophene rings is 1. The Morgan fingerprint density at radius 1 is 1.26 bits per heavy atom. The second-order valence-electron chi connectivity index (χ2n) is 5.51. The maximum Gasteiger partial charge on any atom is 0.505 e. The molecule has 0 saturated carbocycles. The standard InChI is InChI=1S/C13H19BO4S/c1-6-16-11(15)9-7-8-10(19-9)14-17-12(2,3)13(4,5)18-14/h7-8H,6H2,1-5H3. The summed E-state index contributed by atoms with van der Waals surface area (Å²) in [7, 11) is -0.418. The van der Waals surface area contributed by atoms with Crippen molar-refractivity contribution in [2.75, 3.05) is 6.61 Å². The Kier molecular flexibility index (Phi) is 3.77. The highest BCUT2D eigenvalue weighted by molar-refractivity contribution is 7.23. The number of hydrogen-bond acceptors (Lipinski definition) is 5. The van der Waals surface area contributed by atoms with E-state index >= 15 is 0 Å². The Bertz CT molecular complexity index is 465. The Balaban J connectivity index is 2.15. The van der Waals surface area contributed by atoms with Gasteiger partial charge in [-0.3, -0.25) is 0 Å². The first-order chi connectivity index (χ1) is 8.77. The van der Waals surface area contributed by atoms with Crippen molar-refractivity contribution in [2.24, 2.45) is 0 Å². The first kappa shape index (κ1) is 14.6. The van der Waals surface area contributed by atoms with Crippen LogP contribution >= 0.6 is 11.3 Å². The Hall–Kier alpha value is -0.845. The van der Waals surface area contributed by atoms with E-state index < -0.39 is 7.12 Å². The number of esters is 1. The predicted molar refractivity (Wildman–Crippen MR) is 76.0 cm³/mol. The number of hydrogen-bond donors (Lipinski definition) is 0. The largest absolute Gasteiger partial charge is 0.505 e. The van der Waals surface area contributed by atoms with Gasteiger partial charge in [-0.25, -0.2) is 4.79 Å². The van der Waals surface area contributed by atoms with E-state index in [2.05, 4.69) is 0 Å². The lowest BCUT2D eigenvalue weighted by molar-refractivity contribution is 0.00578. The van der Waals surface area contributed by atoms with Gasteiger partial charge in [-0.1, -0.05) is 6.07 Å². The number of ether oxygens (including phenoxy) is 1. The van der Waals surface area contributed by atoms with Crippen LogP contribution in [0, 0.1) is 0 Å².